The van der Waals surface area contributed by atoms with Gasteiger partial charge in [-0.15, -0.1) is 0 Å². The Hall–Kier alpha value is -1.62. The molecule has 0 bridgehead atoms. The minimum absolute atomic E-state index is 0.279. The highest BCUT2D eigenvalue weighted by Gasteiger charge is 2.42. The maximum Gasteiger partial charge on any atom is 0.202 e. The van der Waals surface area contributed by atoms with Crippen LogP contribution in [0.3, 0.4) is 0 Å². The summed E-state index contributed by atoms with van der Waals surface area (Å²) < 4.78 is 0.651. The molecule has 0 atom stereocenters. The van der Waals surface area contributed by atoms with E-state index in [1.54, 1.807) is 0 Å². The molecule has 2 heterocycles. The number of hydrogen-bond acceptors (Lipinski definition) is 4. The first kappa shape index (κ1) is 32.6. The third-order valence-corrected chi connectivity index (χ3v) is 8.50. The molecule has 0 radical (unpaired) electrons. The van der Waals surface area contributed by atoms with Crippen molar-refractivity contribution in [3.05, 3.63) is 22.9 Å². The van der Waals surface area contributed by atoms with Crippen LogP contribution in [0.5, 0.6) is 0 Å². The van der Waals surface area contributed by atoms with Gasteiger partial charge in [0.05, 0.1) is 5.97 Å². The highest BCUT2D eigenvalue weighted by Crippen LogP contribution is 2.32. The van der Waals surface area contributed by atoms with Crippen molar-refractivity contribution in [2.24, 2.45) is 5.10 Å². The molecule has 0 aromatic heterocycles. The first-order valence-corrected chi connectivity index (χ1v) is 16.3. The Kier molecular flexibility index (Phi) is 16.0. The third-order valence-electron chi connectivity index (χ3n) is 8.50. The van der Waals surface area contributed by atoms with E-state index < -0.39 is 5.97 Å². The third kappa shape index (κ3) is 11.2. The molecule has 0 aromatic carbocycles. The summed E-state index contributed by atoms with van der Waals surface area (Å²) >= 11 is 0. The van der Waals surface area contributed by atoms with Gasteiger partial charge in [0.1, 0.15) is 13.1 Å². The number of carboxylic acids is 1. The zero-order chi connectivity index (χ0) is 27.6. The standard InChI is InChI=1S/C33H59N3O2/c1-5-7-9-11-13-15-17-19-21-23-25-36(26-24-22-20-18-16-14-12-10-8-6-2)28-35-30(4)27-29(3)31(33(37)38)32(35)34-36/h27H,5-26,28H2,1-4H3. The molecule has 0 N–H and O–H groups in total. The first-order valence-electron chi connectivity index (χ1n) is 16.3. The van der Waals surface area contributed by atoms with Gasteiger partial charge in [-0.3, -0.25) is 4.90 Å². The number of hydrogen-bond donors (Lipinski definition) is 0. The van der Waals surface area contributed by atoms with Gasteiger partial charge in [0.2, 0.25) is 5.84 Å². The SMILES string of the molecule is CCCCCCCCCCCC[N+]1(CCCCCCCCCCCC)CN2C(C)=CC(C)=C(C(=O)[O-])C2=N1. The lowest BCUT2D eigenvalue weighted by atomic mass is 10.0. The van der Waals surface area contributed by atoms with Crippen molar-refractivity contribution in [2.45, 2.75) is 156 Å². The Bertz CT molecular complexity index is 759. The minimum atomic E-state index is -1.10. The fourth-order valence-electron chi connectivity index (χ4n) is 6.11. The van der Waals surface area contributed by atoms with Crippen molar-refractivity contribution in [1.82, 2.24) is 4.90 Å². The predicted octanol–water partition coefficient (Wildman–Crippen LogP) is 8.22. The zero-order valence-corrected chi connectivity index (χ0v) is 25.5. The van der Waals surface area contributed by atoms with E-state index in [2.05, 4.69) is 25.7 Å². The summed E-state index contributed by atoms with van der Waals surface area (Å²) in [5, 5.41) is 17.2. The molecule has 0 aromatic rings. The van der Waals surface area contributed by atoms with Gasteiger partial charge in [-0.2, -0.15) is 4.59 Å². The van der Waals surface area contributed by atoms with Crippen LogP contribution >= 0.6 is 0 Å². The average molecular weight is 530 g/mol. The second-order valence-corrected chi connectivity index (χ2v) is 12.0. The number of rotatable bonds is 23. The number of allylic oxidation sites excluding steroid dienone is 3. The maximum absolute atomic E-state index is 12.0. The lowest BCUT2D eigenvalue weighted by Crippen LogP contribution is -2.46. The molecule has 2 aliphatic rings. The lowest BCUT2D eigenvalue weighted by molar-refractivity contribution is -0.935. The van der Waals surface area contributed by atoms with Gasteiger partial charge < -0.3 is 9.90 Å². The second kappa shape index (κ2) is 18.6. The number of nitrogens with zero attached hydrogens (tertiary/aromatic N) is 3. The predicted molar refractivity (Wildman–Crippen MR) is 159 cm³/mol. The number of carboxylic acid groups (broad SMARTS) is 1. The van der Waals surface area contributed by atoms with E-state index in [1.807, 2.05) is 13.0 Å². The molecule has 218 valence electrons. The van der Waals surface area contributed by atoms with Crippen LogP contribution in [-0.4, -0.2) is 41.1 Å². The summed E-state index contributed by atoms with van der Waals surface area (Å²) in [6.07, 6.45) is 28.5. The summed E-state index contributed by atoms with van der Waals surface area (Å²) in [6, 6.07) is 0. The van der Waals surface area contributed by atoms with Gasteiger partial charge in [0.25, 0.3) is 0 Å². The minimum Gasteiger partial charge on any atom is -0.545 e. The van der Waals surface area contributed by atoms with Crippen molar-refractivity contribution in [1.29, 1.82) is 0 Å². The number of quaternary nitrogens is 1. The number of carbonyl (C=O) groups excluding carboxylic acids is 1. The normalized spacial score (nSPS) is 16.6. The molecular weight excluding hydrogens is 470 g/mol. The topological polar surface area (TPSA) is 55.7 Å². The van der Waals surface area contributed by atoms with Gasteiger partial charge in [0, 0.05) is 11.3 Å². The fraction of sp³-hybridized carbons (Fsp3) is 0.818. The van der Waals surface area contributed by atoms with Crippen molar-refractivity contribution < 1.29 is 14.5 Å². The van der Waals surface area contributed by atoms with Gasteiger partial charge in [0.15, 0.2) is 6.67 Å². The van der Waals surface area contributed by atoms with E-state index in [9.17, 15) is 9.90 Å². The molecule has 0 spiro atoms. The quantitative estimate of drug-likeness (QED) is 0.0989. The fourth-order valence-corrected chi connectivity index (χ4v) is 6.11. The van der Waals surface area contributed by atoms with Gasteiger partial charge in [-0.05, 0) is 51.2 Å². The lowest BCUT2D eigenvalue weighted by Gasteiger charge is -2.31. The molecule has 0 aliphatic carbocycles. The molecule has 5 nitrogen and oxygen atoms in total. The van der Waals surface area contributed by atoms with Crippen molar-refractivity contribution in [3.63, 3.8) is 0 Å². The highest BCUT2D eigenvalue weighted by atomic mass is 16.4. The average Bonchev–Trinajstić information content (AvgIpc) is 3.26. The van der Waals surface area contributed by atoms with Crippen LogP contribution in [0.2, 0.25) is 0 Å². The second-order valence-electron chi connectivity index (χ2n) is 12.0. The molecule has 38 heavy (non-hydrogen) atoms. The van der Waals surface area contributed by atoms with Gasteiger partial charge in [-0.1, -0.05) is 122 Å². The molecule has 2 aliphatic heterocycles. The summed E-state index contributed by atoms with van der Waals surface area (Å²) in [5.41, 5.74) is 2.13. The number of amidine groups is 1. The molecule has 0 unspecified atom stereocenters. The Morgan fingerprint density at radius 1 is 0.737 bits per heavy atom. The Morgan fingerprint density at radius 2 is 1.13 bits per heavy atom. The van der Waals surface area contributed by atoms with Crippen LogP contribution in [0, 0.1) is 0 Å². The molecule has 0 saturated carbocycles. The monoisotopic (exact) mass is 529 g/mol. The zero-order valence-electron chi connectivity index (χ0n) is 25.5. The van der Waals surface area contributed by atoms with Crippen molar-refractivity contribution in [2.75, 3.05) is 19.8 Å². The Morgan fingerprint density at radius 3 is 1.53 bits per heavy atom. The van der Waals surface area contributed by atoms with Gasteiger partial charge in [-0.25, -0.2) is 0 Å². The largest absolute Gasteiger partial charge is 0.545 e. The van der Waals surface area contributed by atoms with Crippen LogP contribution in [0.1, 0.15) is 156 Å². The molecule has 0 saturated heterocycles. The van der Waals surface area contributed by atoms with Crippen molar-refractivity contribution >= 4 is 11.8 Å². The van der Waals surface area contributed by atoms with Crippen LogP contribution in [0.4, 0.5) is 0 Å². The Balaban J connectivity index is 1.86. The maximum atomic E-state index is 12.0. The van der Waals surface area contributed by atoms with Crippen LogP contribution in [0.25, 0.3) is 0 Å². The van der Waals surface area contributed by atoms with E-state index in [1.165, 1.54) is 116 Å². The van der Waals surface area contributed by atoms with E-state index in [4.69, 9.17) is 5.10 Å². The molecule has 5 heteroatoms. The molecule has 2 rings (SSSR count). The summed E-state index contributed by atoms with van der Waals surface area (Å²) in [7, 11) is 0. The summed E-state index contributed by atoms with van der Waals surface area (Å²) in [5.74, 6) is -0.477. The summed E-state index contributed by atoms with van der Waals surface area (Å²) in [6.45, 7) is 11.3. The van der Waals surface area contributed by atoms with E-state index in [0.717, 1.165) is 43.9 Å². The van der Waals surface area contributed by atoms with Crippen molar-refractivity contribution in [3.8, 4) is 0 Å². The number of fused-ring (bicyclic) bond motifs is 1. The Labute approximate surface area is 235 Å². The van der Waals surface area contributed by atoms with Crippen LogP contribution in [-0.2, 0) is 4.79 Å². The van der Waals surface area contributed by atoms with E-state index >= 15 is 0 Å². The number of carbonyl (C=O) groups is 1. The van der Waals surface area contributed by atoms with Crippen LogP contribution < -0.4 is 5.11 Å². The molecular formula is C33H59N3O2. The summed E-state index contributed by atoms with van der Waals surface area (Å²) in [4.78, 5) is 14.1. The number of unbranched alkanes of at least 4 members (excludes halogenated alkanes) is 18. The van der Waals surface area contributed by atoms with E-state index in [0.29, 0.717) is 10.4 Å². The highest BCUT2D eigenvalue weighted by molar-refractivity contribution is 6.19. The first-order chi connectivity index (χ1) is 18.4. The van der Waals surface area contributed by atoms with Gasteiger partial charge >= 0.3 is 0 Å². The smallest absolute Gasteiger partial charge is 0.202 e. The molecule has 0 amide bonds. The van der Waals surface area contributed by atoms with E-state index in [-0.39, 0.29) is 5.57 Å². The van der Waals surface area contributed by atoms with Crippen LogP contribution in [0.15, 0.2) is 28.0 Å². The molecule has 0 fully saturated rings. The number of aliphatic carboxylic acids is 1.